The number of rotatable bonds is 3. The van der Waals surface area contributed by atoms with Crippen molar-refractivity contribution in [2.45, 2.75) is 13.3 Å². The summed E-state index contributed by atoms with van der Waals surface area (Å²) in [6, 6.07) is 11.7. The Morgan fingerprint density at radius 2 is 1.92 bits per heavy atom. The number of aryl methyl sites for hydroxylation is 2. The van der Waals surface area contributed by atoms with Crippen molar-refractivity contribution in [2.75, 3.05) is 5.32 Å². The predicted octanol–water partition coefficient (Wildman–Crippen LogP) is 3.49. The van der Waals surface area contributed by atoms with Gasteiger partial charge in [-0.05, 0) is 30.2 Å². The van der Waals surface area contributed by atoms with Crippen molar-refractivity contribution < 1.29 is 9.18 Å². The first-order chi connectivity index (χ1) is 11.5. The second-order valence-electron chi connectivity index (χ2n) is 5.58. The van der Waals surface area contributed by atoms with Crippen molar-refractivity contribution in [3.05, 3.63) is 75.8 Å². The Labute approximate surface area is 138 Å². The summed E-state index contributed by atoms with van der Waals surface area (Å²) in [5, 5.41) is 2.97. The van der Waals surface area contributed by atoms with Crippen LogP contribution in [0.2, 0.25) is 0 Å². The highest BCUT2D eigenvalue weighted by molar-refractivity contribution is 6.06. The van der Waals surface area contributed by atoms with Gasteiger partial charge in [-0.1, -0.05) is 31.2 Å². The van der Waals surface area contributed by atoms with Crippen molar-refractivity contribution in [2.24, 2.45) is 7.05 Å². The van der Waals surface area contributed by atoms with Crippen LogP contribution in [0.3, 0.4) is 0 Å². The second-order valence-corrected chi connectivity index (χ2v) is 5.58. The van der Waals surface area contributed by atoms with E-state index in [1.165, 1.54) is 29.0 Å². The van der Waals surface area contributed by atoms with Crippen LogP contribution in [-0.2, 0) is 13.5 Å². The summed E-state index contributed by atoms with van der Waals surface area (Å²) in [5.41, 5.74) is 1.35. The minimum atomic E-state index is -0.498. The molecule has 0 unspecified atom stereocenters. The number of benzene rings is 2. The van der Waals surface area contributed by atoms with Gasteiger partial charge in [0.25, 0.3) is 5.91 Å². The number of aromatic nitrogens is 1. The van der Waals surface area contributed by atoms with E-state index in [-0.39, 0.29) is 16.5 Å². The zero-order chi connectivity index (χ0) is 17.3. The van der Waals surface area contributed by atoms with Gasteiger partial charge < -0.3 is 9.88 Å². The van der Waals surface area contributed by atoms with E-state index in [1.54, 1.807) is 13.1 Å². The quantitative estimate of drug-likeness (QED) is 0.802. The molecule has 0 atom stereocenters. The van der Waals surface area contributed by atoms with Crippen LogP contribution in [0.15, 0.2) is 53.5 Å². The summed E-state index contributed by atoms with van der Waals surface area (Å²) in [5.74, 6) is -0.988. The number of hydrogen-bond donors (Lipinski definition) is 1. The topological polar surface area (TPSA) is 51.1 Å². The van der Waals surface area contributed by atoms with Gasteiger partial charge in [-0.25, -0.2) is 4.39 Å². The molecule has 0 aliphatic carbocycles. The molecule has 3 rings (SSSR count). The second kappa shape index (κ2) is 6.28. The minimum Gasteiger partial charge on any atom is -0.347 e. The fourth-order valence-electron chi connectivity index (χ4n) is 2.82. The molecule has 0 saturated heterocycles. The summed E-state index contributed by atoms with van der Waals surface area (Å²) < 4.78 is 15.4. The number of amides is 1. The van der Waals surface area contributed by atoms with Crippen LogP contribution in [-0.4, -0.2) is 10.5 Å². The summed E-state index contributed by atoms with van der Waals surface area (Å²) >= 11 is 0. The van der Waals surface area contributed by atoms with E-state index in [0.717, 1.165) is 12.0 Å². The van der Waals surface area contributed by atoms with Gasteiger partial charge in [0.1, 0.15) is 11.4 Å². The van der Waals surface area contributed by atoms with E-state index in [1.807, 2.05) is 25.1 Å². The molecule has 0 saturated carbocycles. The lowest BCUT2D eigenvalue weighted by Crippen LogP contribution is -2.24. The summed E-state index contributed by atoms with van der Waals surface area (Å²) in [7, 11) is 1.61. The number of carbonyl (C=O) groups excluding carboxylic acids is 1. The highest BCUT2D eigenvalue weighted by atomic mass is 19.1. The van der Waals surface area contributed by atoms with Gasteiger partial charge in [-0.3, -0.25) is 9.59 Å². The molecule has 122 valence electrons. The maximum atomic E-state index is 13.9. The number of fused-ring (bicyclic) bond motifs is 1. The number of carbonyl (C=O) groups is 1. The normalized spacial score (nSPS) is 10.8. The molecule has 1 N–H and O–H groups in total. The minimum absolute atomic E-state index is 0.0125. The average Bonchev–Trinajstić information content (AvgIpc) is 2.58. The van der Waals surface area contributed by atoms with Crippen LogP contribution in [0, 0.1) is 5.82 Å². The number of pyridine rings is 1. The standard InChI is InChI=1S/C19H17FN2O2/c1-3-12-7-4-5-10-16(12)21-19(24)14-11-22(2)17-13(18(14)23)8-6-9-15(17)20/h4-11H,3H2,1-2H3,(H,21,24). The van der Waals surface area contributed by atoms with Crippen molar-refractivity contribution in [1.29, 1.82) is 0 Å². The first-order valence-electron chi connectivity index (χ1n) is 7.70. The van der Waals surface area contributed by atoms with Crippen molar-refractivity contribution >= 4 is 22.5 Å². The van der Waals surface area contributed by atoms with Crippen LogP contribution in [0.4, 0.5) is 10.1 Å². The third-order valence-electron chi connectivity index (χ3n) is 4.04. The molecular formula is C19H17FN2O2. The number of anilines is 1. The molecule has 1 aromatic heterocycles. The molecule has 0 aliphatic rings. The zero-order valence-electron chi connectivity index (χ0n) is 13.5. The molecule has 4 nitrogen and oxygen atoms in total. The third-order valence-corrected chi connectivity index (χ3v) is 4.04. The predicted molar refractivity (Wildman–Crippen MR) is 92.9 cm³/mol. The van der Waals surface area contributed by atoms with Crippen molar-refractivity contribution in [3.63, 3.8) is 0 Å². The van der Waals surface area contributed by atoms with Crippen LogP contribution in [0.5, 0.6) is 0 Å². The Morgan fingerprint density at radius 1 is 1.17 bits per heavy atom. The highest BCUT2D eigenvalue weighted by Gasteiger charge is 2.17. The fourth-order valence-corrected chi connectivity index (χ4v) is 2.82. The fraction of sp³-hybridized carbons (Fsp3) is 0.158. The molecule has 0 bridgehead atoms. The van der Waals surface area contributed by atoms with Gasteiger partial charge in [0, 0.05) is 24.3 Å². The van der Waals surface area contributed by atoms with Gasteiger partial charge in [0.15, 0.2) is 0 Å². The molecule has 24 heavy (non-hydrogen) atoms. The number of hydrogen-bond acceptors (Lipinski definition) is 2. The molecule has 2 aromatic carbocycles. The molecule has 1 heterocycles. The molecule has 0 spiro atoms. The Hall–Kier alpha value is -2.95. The number of nitrogens with one attached hydrogen (secondary N) is 1. The Bertz CT molecular complexity index is 992. The summed E-state index contributed by atoms with van der Waals surface area (Å²) in [4.78, 5) is 25.1. The zero-order valence-corrected chi connectivity index (χ0v) is 13.5. The van der Waals surface area contributed by atoms with E-state index in [4.69, 9.17) is 0 Å². The first kappa shape index (κ1) is 15.9. The maximum Gasteiger partial charge on any atom is 0.261 e. The lowest BCUT2D eigenvalue weighted by atomic mass is 10.1. The van der Waals surface area contributed by atoms with Gasteiger partial charge in [-0.15, -0.1) is 0 Å². The van der Waals surface area contributed by atoms with Gasteiger partial charge in [-0.2, -0.15) is 0 Å². The molecule has 0 fully saturated rings. The summed E-state index contributed by atoms with van der Waals surface area (Å²) in [6.45, 7) is 1.99. The molecule has 0 radical (unpaired) electrons. The van der Waals surface area contributed by atoms with E-state index in [2.05, 4.69) is 5.32 Å². The summed E-state index contributed by atoms with van der Waals surface area (Å²) in [6.07, 6.45) is 2.13. The van der Waals surface area contributed by atoms with Gasteiger partial charge >= 0.3 is 0 Å². The SMILES string of the molecule is CCc1ccccc1NC(=O)c1cn(C)c2c(F)cccc2c1=O. The number of para-hydroxylation sites is 2. The largest absolute Gasteiger partial charge is 0.347 e. The molecule has 3 aromatic rings. The van der Waals surface area contributed by atoms with Crippen molar-refractivity contribution in [1.82, 2.24) is 4.57 Å². The number of nitrogens with zero attached hydrogens (tertiary/aromatic N) is 1. The van der Waals surface area contributed by atoms with E-state index in [0.29, 0.717) is 5.69 Å². The average molecular weight is 324 g/mol. The van der Waals surface area contributed by atoms with E-state index in [9.17, 15) is 14.0 Å². The maximum absolute atomic E-state index is 13.9. The Kier molecular flexibility index (Phi) is 4.16. The lowest BCUT2D eigenvalue weighted by Gasteiger charge is -2.12. The highest BCUT2D eigenvalue weighted by Crippen LogP contribution is 2.18. The molecule has 5 heteroatoms. The van der Waals surface area contributed by atoms with Gasteiger partial charge in [0.2, 0.25) is 5.43 Å². The first-order valence-corrected chi connectivity index (χ1v) is 7.70. The van der Waals surface area contributed by atoms with E-state index < -0.39 is 17.2 Å². The lowest BCUT2D eigenvalue weighted by molar-refractivity contribution is 0.102. The third kappa shape index (κ3) is 2.69. The van der Waals surface area contributed by atoms with Crippen molar-refractivity contribution in [3.8, 4) is 0 Å². The smallest absolute Gasteiger partial charge is 0.261 e. The van der Waals surface area contributed by atoms with Crippen LogP contribution >= 0.6 is 0 Å². The number of halogens is 1. The van der Waals surface area contributed by atoms with Crippen LogP contribution < -0.4 is 10.7 Å². The Morgan fingerprint density at radius 3 is 2.67 bits per heavy atom. The van der Waals surface area contributed by atoms with E-state index >= 15 is 0 Å². The van der Waals surface area contributed by atoms with Crippen LogP contribution in [0.25, 0.3) is 10.9 Å². The molecule has 1 amide bonds. The Balaban J connectivity index is 2.08. The monoisotopic (exact) mass is 324 g/mol. The van der Waals surface area contributed by atoms with Gasteiger partial charge in [0.05, 0.1) is 5.52 Å². The molecule has 0 aliphatic heterocycles. The van der Waals surface area contributed by atoms with Crippen LogP contribution in [0.1, 0.15) is 22.8 Å². The molecular weight excluding hydrogens is 307 g/mol.